The zero-order valence-corrected chi connectivity index (χ0v) is 12.4. The molecule has 2 rings (SSSR count). The molecule has 1 aromatic heterocycles. The highest BCUT2D eigenvalue weighted by molar-refractivity contribution is 7.16. The average molecular weight is 295 g/mol. The molecule has 100 valence electrons. The van der Waals surface area contributed by atoms with E-state index in [-0.39, 0.29) is 11.8 Å². The Labute approximate surface area is 121 Å². The van der Waals surface area contributed by atoms with Crippen LogP contribution in [0, 0.1) is 0 Å². The number of carbonyl (C=O) groups excluding carboxylic acids is 1. The number of carbonyl (C=O) groups is 1. The first-order chi connectivity index (χ1) is 9.11. The van der Waals surface area contributed by atoms with Gasteiger partial charge in [0, 0.05) is 10.4 Å². The van der Waals surface area contributed by atoms with Gasteiger partial charge in [0.2, 0.25) is 5.91 Å². The molecular formula is C14H15ClN2OS. The van der Waals surface area contributed by atoms with Crippen LogP contribution in [0.2, 0.25) is 0 Å². The molecular weight excluding hydrogens is 280 g/mol. The van der Waals surface area contributed by atoms with Crippen molar-refractivity contribution in [1.82, 2.24) is 4.98 Å². The smallest absolute Gasteiger partial charge is 0.241 e. The fourth-order valence-electron chi connectivity index (χ4n) is 1.73. The van der Waals surface area contributed by atoms with E-state index >= 15 is 0 Å². The summed E-state index contributed by atoms with van der Waals surface area (Å²) < 4.78 is 0. The van der Waals surface area contributed by atoms with Gasteiger partial charge in [0.05, 0.1) is 5.69 Å². The van der Waals surface area contributed by atoms with Crippen LogP contribution in [-0.4, -0.2) is 16.8 Å². The summed E-state index contributed by atoms with van der Waals surface area (Å²) in [7, 11) is 0. The van der Waals surface area contributed by atoms with Gasteiger partial charge in [-0.3, -0.25) is 4.79 Å². The molecule has 0 aliphatic rings. The van der Waals surface area contributed by atoms with Crippen LogP contribution in [0.3, 0.4) is 0 Å². The summed E-state index contributed by atoms with van der Waals surface area (Å²) in [6.07, 6.45) is 0. The van der Waals surface area contributed by atoms with E-state index in [1.54, 1.807) is 0 Å². The minimum atomic E-state index is -0.231. The summed E-state index contributed by atoms with van der Waals surface area (Å²) in [5, 5.41) is 3.32. The molecule has 0 radical (unpaired) electrons. The Morgan fingerprint density at radius 1 is 1.37 bits per heavy atom. The Kier molecular flexibility index (Phi) is 4.56. The number of amides is 1. The third-order valence-corrected chi connectivity index (χ3v) is 4.11. The molecule has 0 saturated heterocycles. The van der Waals surface area contributed by atoms with Gasteiger partial charge in [-0.25, -0.2) is 4.98 Å². The summed E-state index contributed by atoms with van der Waals surface area (Å²) in [5.74, 6) is 0.0664. The van der Waals surface area contributed by atoms with Crippen LogP contribution in [0.25, 0.3) is 11.3 Å². The van der Waals surface area contributed by atoms with Crippen LogP contribution >= 0.6 is 22.9 Å². The Hall–Kier alpha value is -1.39. The predicted molar refractivity (Wildman–Crippen MR) is 81.0 cm³/mol. The molecule has 0 bridgehead atoms. The zero-order valence-electron chi connectivity index (χ0n) is 10.8. The molecule has 0 aliphatic carbocycles. The van der Waals surface area contributed by atoms with Crippen LogP contribution < -0.4 is 5.32 Å². The van der Waals surface area contributed by atoms with Crippen LogP contribution in [0.5, 0.6) is 0 Å². The number of benzene rings is 1. The van der Waals surface area contributed by atoms with Crippen molar-refractivity contribution in [2.45, 2.75) is 19.8 Å². The highest BCUT2D eigenvalue weighted by atomic mass is 35.5. The molecule has 1 aromatic carbocycles. The van der Waals surface area contributed by atoms with E-state index in [0.717, 1.165) is 16.1 Å². The minimum Gasteiger partial charge on any atom is -0.301 e. The van der Waals surface area contributed by atoms with E-state index in [9.17, 15) is 4.79 Å². The molecule has 19 heavy (non-hydrogen) atoms. The molecule has 0 spiro atoms. The molecule has 0 saturated carbocycles. The highest BCUT2D eigenvalue weighted by Crippen LogP contribution is 2.35. The summed E-state index contributed by atoms with van der Waals surface area (Å²) >= 11 is 7.00. The van der Waals surface area contributed by atoms with Crippen LogP contribution in [0.1, 0.15) is 24.6 Å². The third kappa shape index (κ3) is 3.33. The largest absolute Gasteiger partial charge is 0.301 e. The first-order valence-corrected chi connectivity index (χ1v) is 7.39. The number of hydrogen-bond donors (Lipinski definition) is 1. The van der Waals surface area contributed by atoms with E-state index in [4.69, 9.17) is 11.6 Å². The maximum Gasteiger partial charge on any atom is 0.241 e. The molecule has 0 fully saturated rings. The Bertz CT molecular complexity index is 566. The Morgan fingerprint density at radius 3 is 2.63 bits per heavy atom. The second kappa shape index (κ2) is 6.17. The number of hydrogen-bond acceptors (Lipinski definition) is 3. The SMILES string of the molecule is CC(C)c1sc(NC(=O)CCl)nc1-c1ccccc1. The van der Waals surface area contributed by atoms with Gasteiger partial charge in [-0.1, -0.05) is 44.2 Å². The number of nitrogens with zero attached hydrogens (tertiary/aromatic N) is 1. The molecule has 3 nitrogen and oxygen atoms in total. The van der Waals surface area contributed by atoms with E-state index in [1.807, 2.05) is 30.3 Å². The van der Waals surface area contributed by atoms with Crippen molar-refractivity contribution in [2.75, 3.05) is 11.2 Å². The molecule has 1 N–H and O–H groups in total. The quantitative estimate of drug-likeness (QED) is 0.862. The van der Waals surface area contributed by atoms with Gasteiger partial charge in [-0.05, 0) is 5.92 Å². The van der Waals surface area contributed by atoms with Crippen LogP contribution in [-0.2, 0) is 4.79 Å². The Balaban J connectivity index is 2.39. The molecule has 1 heterocycles. The van der Waals surface area contributed by atoms with Gasteiger partial charge in [0.25, 0.3) is 0 Å². The number of anilines is 1. The average Bonchev–Trinajstić information content (AvgIpc) is 2.83. The fourth-order valence-corrected chi connectivity index (χ4v) is 2.81. The van der Waals surface area contributed by atoms with Crippen molar-refractivity contribution >= 4 is 34.0 Å². The van der Waals surface area contributed by atoms with Crippen molar-refractivity contribution in [3.8, 4) is 11.3 Å². The van der Waals surface area contributed by atoms with Crippen molar-refractivity contribution in [3.63, 3.8) is 0 Å². The van der Waals surface area contributed by atoms with Gasteiger partial charge < -0.3 is 5.32 Å². The lowest BCUT2D eigenvalue weighted by Gasteiger charge is -2.04. The minimum absolute atomic E-state index is 0.0583. The van der Waals surface area contributed by atoms with Crippen LogP contribution in [0.4, 0.5) is 5.13 Å². The molecule has 0 atom stereocenters. The fraction of sp³-hybridized carbons (Fsp3) is 0.286. The Morgan fingerprint density at radius 2 is 2.05 bits per heavy atom. The topological polar surface area (TPSA) is 42.0 Å². The van der Waals surface area contributed by atoms with Crippen molar-refractivity contribution in [1.29, 1.82) is 0 Å². The summed E-state index contributed by atoms with van der Waals surface area (Å²) in [5.41, 5.74) is 2.00. The molecule has 0 aliphatic heterocycles. The van der Waals surface area contributed by atoms with E-state index in [2.05, 4.69) is 24.1 Å². The first kappa shape index (κ1) is 14.0. The lowest BCUT2D eigenvalue weighted by atomic mass is 10.1. The van der Waals surface area contributed by atoms with Crippen molar-refractivity contribution in [2.24, 2.45) is 0 Å². The third-order valence-electron chi connectivity index (χ3n) is 2.59. The van der Waals surface area contributed by atoms with Gasteiger partial charge >= 0.3 is 0 Å². The summed E-state index contributed by atoms with van der Waals surface area (Å²) in [6.45, 7) is 4.24. The number of aromatic nitrogens is 1. The second-order valence-corrected chi connectivity index (χ2v) is 5.73. The highest BCUT2D eigenvalue weighted by Gasteiger charge is 2.16. The number of halogens is 1. The maximum absolute atomic E-state index is 11.3. The second-order valence-electron chi connectivity index (χ2n) is 4.43. The van der Waals surface area contributed by atoms with Gasteiger partial charge in [0.1, 0.15) is 5.88 Å². The molecule has 2 aromatic rings. The maximum atomic E-state index is 11.3. The van der Waals surface area contributed by atoms with E-state index < -0.39 is 0 Å². The van der Waals surface area contributed by atoms with Gasteiger partial charge in [-0.2, -0.15) is 0 Å². The van der Waals surface area contributed by atoms with E-state index in [0.29, 0.717) is 11.0 Å². The number of thiazole rings is 1. The van der Waals surface area contributed by atoms with Crippen LogP contribution in [0.15, 0.2) is 30.3 Å². The zero-order chi connectivity index (χ0) is 13.8. The number of alkyl halides is 1. The number of rotatable bonds is 4. The molecule has 0 unspecified atom stereocenters. The summed E-state index contributed by atoms with van der Waals surface area (Å²) in [6, 6.07) is 9.98. The summed E-state index contributed by atoms with van der Waals surface area (Å²) in [4.78, 5) is 17.0. The van der Waals surface area contributed by atoms with Crippen molar-refractivity contribution in [3.05, 3.63) is 35.2 Å². The molecule has 1 amide bonds. The first-order valence-electron chi connectivity index (χ1n) is 6.03. The van der Waals surface area contributed by atoms with Crippen molar-refractivity contribution < 1.29 is 4.79 Å². The van der Waals surface area contributed by atoms with E-state index in [1.165, 1.54) is 11.3 Å². The lowest BCUT2D eigenvalue weighted by molar-refractivity contribution is -0.113. The number of nitrogens with one attached hydrogen (secondary N) is 1. The van der Waals surface area contributed by atoms with Gasteiger partial charge in [0.15, 0.2) is 5.13 Å². The van der Waals surface area contributed by atoms with Gasteiger partial charge in [-0.15, -0.1) is 22.9 Å². The standard InChI is InChI=1S/C14H15ClN2OS/c1-9(2)13-12(10-6-4-3-5-7-10)17-14(19-13)16-11(18)8-15/h3-7,9H,8H2,1-2H3,(H,16,17,18). The monoisotopic (exact) mass is 294 g/mol. The lowest BCUT2D eigenvalue weighted by Crippen LogP contribution is -2.12. The molecule has 5 heteroatoms. The predicted octanol–water partition coefficient (Wildman–Crippen LogP) is 4.11. The normalized spacial score (nSPS) is 10.7.